The zero-order chi connectivity index (χ0) is 14.9. The second-order valence-corrected chi connectivity index (χ2v) is 5.27. The van der Waals surface area contributed by atoms with Gasteiger partial charge in [-0.1, -0.05) is 40.0 Å². The maximum atomic E-state index is 12.0. The average molecular weight is 335 g/mol. The van der Waals surface area contributed by atoms with E-state index in [2.05, 4.69) is 16.0 Å². The van der Waals surface area contributed by atoms with E-state index in [0.717, 1.165) is 0 Å². The highest BCUT2D eigenvalue weighted by Gasteiger charge is 2.18. The standard InChI is InChI=1S/C12H10Cl3N3O2/c1-5-10(6(2)20-18-5)12(19)17-16-11-8(14)3-7(13)4-9(11)15/h3-4,16H,1-2H3,(H,17,19). The van der Waals surface area contributed by atoms with Gasteiger partial charge in [-0.2, -0.15) is 0 Å². The molecule has 1 heterocycles. The van der Waals surface area contributed by atoms with E-state index in [1.807, 2.05) is 0 Å². The minimum Gasteiger partial charge on any atom is -0.361 e. The van der Waals surface area contributed by atoms with E-state index in [1.165, 1.54) is 12.1 Å². The van der Waals surface area contributed by atoms with Crippen LogP contribution in [0.5, 0.6) is 0 Å². The van der Waals surface area contributed by atoms with Crippen molar-refractivity contribution in [2.45, 2.75) is 13.8 Å². The van der Waals surface area contributed by atoms with E-state index < -0.39 is 5.91 Å². The molecule has 20 heavy (non-hydrogen) atoms. The van der Waals surface area contributed by atoms with Gasteiger partial charge in [0.2, 0.25) is 0 Å². The minimum atomic E-state index is -0.400. The highest BCUT2D eigenvalue weighted by atomic mass is 35.5. The molecular formula is C12H10Cl3N3O2. The number of hydrogen-bond donors (Lipinski definition) is 2. The van der Waals surface area contributed by atoms with Crippen LogP contribution in [0.15, 0.2) is 16.7 Å². The zero-order valence-electron chi connectivity index (χ0n) is 10.6. The van der Waals surface area contributed by atoms with Crippen molar-refractivity contribution < 1.29 is 9.32 Å². The molecule has 0 radical (unpaired) electrons. The Morgan fingerprint density at radius 2 is 1.80 bits per heavy atom. The number of nitrogens with one attached hydrogen (secondary N) is 2. The van der Waals surface area contributed by atoms with E-state index >= 15 is 0 Å². The Kier molecular flexibility index (Phi) is 4.42. The van der Waals surface area contributed by atoms with Crippen molar-refractivity contribution in [1.82, 2.24) is 10.6 Å². The van der Waals surface area contributed by atoms with Crippen molar-refractivity contribution in [3.63, 3.8) is 0 Å². The number of benzene rings is 1. The maximum absolute atomic E-state index is 12.0. The Morgan fingerprint density at radius 1 is 1.20 bits per heavy atom. The highest BCUT2D eigenvalue weighted by Crippen LogP contribution is 2.33. The first-order valence-corrected chi connectivity index (χ1v) is 6.67. The van der Waals surface area contributed by atoms with Crippen LogP contribution in [0, 0.1) is 13.8 Å². The van der Waals surface area contributed by atoms with Gasteiger partial charge in [-0.15, -0.1) is 0 Å². The van der Waals surface area contributed by atoms with Crippen molar-refractivity contribution in [2.24, 2.45) is 0 Å². The molecule has 0 saturated heterocycles. The van der Waals surface area contributed by atoms with Gasteiger partial charge in [0.1, 0.15) is 11.3 Å². The number of nitrogens with zero attached hydrogens (tertiary/aromatic N) is 1. The number of amides is 1. The van der Waals surface area contributed by atoms with Gasteiger partial charge in [-0.3, -0.25) is 15.6 Å². The number of hydrazine groups is 1. The van der Waals surface area contributed by atoms with Gasteiger partial charge in [-0.05, 0) is 26.0 Å². The zero-order valence-corrected chi connectivity index (χ0v) is 12.8. The lowest BCUT2D eigenvalue weighted by Gasteiger charge is -2.11. The fourth-order valence-corrected chi connectivity index (χ4v) is 2.56. The second kappa shape index (κ2) is 5.91. The summed E-state index contributed by atoms with van der Waals surface area (Å²) in [5.41, 5.74) is 6.36. The average Bonchev–Trinajstić information content (AvgIpc) is 2.67. The molecule has 0 aliphatic heterocycles. The molecule has 0 atom stereocenters. The van der Waals surface area contributed by atoms with Gasteiger partial charge >= 0.3 is 0 Å². The molecule has 0 aliphatic carbocycles. The van der Waals surface area contributed by atoms with Crippen LogP contribution in [0.25, 0.3) is 0 Å². The summed E-state index contributed by atoms with van der Waals surface area (Å²) in [6.45, 7) is 3.32. The summed E-state index contributed by atoms with van der Waals surface area (Å²) in [7, 11) is 0. The molecule has 0 aliphatic rings. The summed E-state index contributed by atoms with van der Waals surface area (Å²) in [5.74, 6) is 0.0263. The summed E-state index contributed by atoms with van der Waals surface area (Å²) in [4.78, 5) is 12.0. The number of anilines is 1. The maximum Gasteiger partial charge on any atom is 0.275 e. The number of carbonyl (C=O) groups is 1. The number of hydrogen-bond acceptors (Lipinski definition) is 4. The lowest BCUT2D eigenvalue weighted by Crippen LogP contribution is -2.30. The van der Waals surface area contributed by atoms with E-state index in [9.17, 15) is 4.79 Å². The molecule has 2 N–H and O–H groups in total. The molecule has 5 nitrogen and oxygen atoms in total. The van der Waals surface area contributed by atoms with E-state index in [-0.39, 0.29) is 0 Å². The van der Waals surface area contributed by atoms with Gasteiger partial charge in [-0.25, -0.2) is 0 Å². The molecule has 0 spiro atoms. The summed E-state index contributed by atoms with van der Waals surface area (Å²) in [5, 5.41) is 4.70. The lowest BCUT2D eigenvalue weighted by atomic mass is 10.2. The number of carbonyl (C=O) groups excluding carboxylic acids is 1. The van der Waals surface area contributed by atoms with E-state index in [1.54, 1.807) is 13.8 Å². The third-order valence-corrected chi connectivity index (χ3v) is 3.38. The summed E-state index contributed by atoms with van der Waals surface area (Å²) in [6.07, 6.45) is 0. The molecule has 0 bridgehead atoms. The van der Waals surface area contributed by atoms with E-state index in [4.69, 9.17) is 39.3 Å². The first-order chi connectivity index (χ1) is 9.40. The van der Waals surface area contributed by atoms with Gasteiger partial charge < -0.3 is 4.52 Å². The predicted molar refractivity (Wildman–Crippen MR) is 78.5 cm³/mol. The molecular weight excluding hydrogens is 325 g/mol. The molecule has 106 valence electrons. The molecule has 0 saturated carbocycles. The predicted octanol–water partition coefficient (Wildman–Crippen LogP) is 4.01. The number of halogens is 3. The molecule has 0 unspecified atom stereocenters. The Hall–Kier alpha value is -1.43. The topological polar surface area (TPSA) is 67.2 Å². The van der Waals surface area contributed by atoms with Gasteiger partial charge in [0.15, 0.2) is 0 Å². The van der Waals surface area contributed by atoms with Crippen LogP contribution < -0.4 is 10.9 Å². The lowest BCUT2D eigenvalue weighted by molar-refractivity contribution is 0.0960. The van der Waals surface area contributed by atoms with Crippen LogP contribution in [-0.2, 0) is 0 Å². The van der Waals surface area contributed by atoms with Crippen LogP contribution >= 0.6 is 34.8 Å². The van der Waals surface area contributed by atoms with Crippen molar-refractivity contribution in [1.29, 1.82) is 0 Å². The molecule has 1 aromatic heterocycles. The molecule has 1 amide bonds. The van der Waals surface area contributed by atoms with Gasteiger partial charge in [0.05, 0.1) is 21.4 Å². The Bertz CT molecular complexity index is 627. The van der Waals surface area contributed by atoms with Gasteiger partial charge in [0, 0.05) is 5.02 Å². The third kappa shape index (κ3) is 3.00. The van der Waals surface area contributed by atoms with Crippen molar-refractivity contribution >= 4 is 46.4 Å². The number of aryl methyl sites for hydroxylation is 2. The number of aromatic nitrogens is 1. The summed E-state index contributed by atoms with van der Waals surface area (Å²) >= 11 is 17.8. The fourth-order valence-electron chi connectivity index (χ4n) is 1.65. The van der Waals surface area contributed by atoms with Gasteiger partial charge in [0.25, 0.3) is 5.91 Å². The quantitative estimate of drug-likeness (QED) is 0.832. The fraction of sp³-hybridized carbons (Fsp3) is 0.167. The largest absolute Gasteiger partial charge is 0.361 e. The molecule has 2 aromatic rings. The monoisotopic (exact) mass is 333 g/mol. The highest BCUT2D eigenvalue weighted by molar-refractivity contribution is 6.41. The van der Waals surface area contributed by atoms with Crippen molar-refractivity contribution in [2.75, 3.05) is 5.43 Å². The van der Waals surface area contributed by atoms with Crippen LogP contribution in [0.3, 0.4) is 0 Å². The normalized spacial score (nSPS) is 10.4. The molecule has 8 heteroatoms. The van der Waals surface area contributed by atoms with E-state index in [0.29, 0.717) is 37.8 Å². The van der Waals surface area contributed by atoms with Crippen LogP contribution in [0.1, 0.15) is 21.8 Å². The SMILES string of the molecule is Cc1noc(C)c1C(=O)NNc1c(Cl)cc(Cl)cc1Cl. The minimum absolute atomic E-state index is 0.293. The third-order valence-electron chi connectivity index (χ3n) is 2.57. The Labute approximate surface area is 130 Å². The molecule has 2 rings (SSSR count). The van der Waals surface area contributed by atoms with Crippen LogP contribution in [0.2, 0.25) is 15.1 Å². The molecule has 1 aromatic carbocycles. The summed E-state index contributed by atoms with van der Waals surface area (Å²) < 4.78 is 4.92. The van der Waals surface area contributed by atoms with Crippen LogP contribution in [0.4, 0.5) is 5.69 Å². The Morgan fingerprint density at radius 3 is 2.30 bits per heavy atom. The summed E-state index contributed by atoms with van der Waals surface area (Å²) in [6, 6.07) is 3.03. The smallest absolute Gasteiger partial charge is 0.275 e. The Balaban J connectivity index is 2.16. The molecule has 0 fully saturated rings. The first-order valence-electron chi connectivity index (χ1n) is 5.54. The van der Waals surface area contributed by atoms with Crippen LogP contribution in [-0.4, -0.2) is 11.1 Å². The van der Waals surface area contributed by atoms with Crippen molar-refractivity contribution in [3.05, 3.63) is 44.2 Å². The van der Waals surface area contributed by atoms with Crippen molar-refractivity contribution in [3.8, 4) is 0 Å². The second-order valence-electron chi connectivity index (χ2n) is 4.02. The first kappa shape index (κ1) is 15.0. The number of rotatable bonds is 3.